The SMILES string of the molecule is C=C1Nc2nc(nc3cnc(N4CCOCC4=O)c(C(F)(F)F)c23)OCCOc2ccccc21. The number of benzene rings is 1. The van der Waals surface area contributed by atoms with Crippen molar-refractivity contribution in [3.05, 3.63) is 48.2 Å². The first-order valence-corrected chi connectivity index (χ1v) is 10.3. The maximum Gasteiger partial charge on any atom is 0.420 e. The molecule has 0 radical (unpaired) electrons. The standard InChI is InChI=1S/C22H18F3N5O4/c1-12-13-4-2-3-5-15(13)33-8-9-34-21-28-14-10-26-20(30-6-7-32-11-16(30)31)18(22(23,24)25)17(14)19(27-12)29-21/h2-5,10H,1,6-9,11H2,(H,27,28,29). The molecule has 1 amide bonds. The Morgan fingerprint density at radius 2 is 1.88 bits per heavy atom. The first kappa shape index (κ1) is 21.9. The predicted octanol–water partition coefficient (Wildman–Crippen LogP) is 3.26. The molecule has 0 atom stereocenters. The summed E-state index contributed by atoms with van der Waals surface area (Å²) < 4.78 is 59.7. The van der Waals surface area contributed by atoms with E-state index in [0.29, 0.717) is 11.3 Å². The number of morpholine rings is 1. The molecule has 0 saturated carbocycles. The third kappa shape index (κ3) is 3.96. The number of hydrogen-bond donors (Lipinski definition) is 1. The number of nitrogens with zero attached hydrogens (tertiary/aromatic N) is 4. The quantitative estimate of drug-likeness (QED) is 0.575. The Morgan fingerprint density at radius 3 is 2.68 bits per heavy atom. The van der Waals surface area contributed by atoms with E-state index in [1.165, 1.54) is 0 Å². The number of nitrogens with one attached hydrogen (secondary N) is 1. The van der Waals surface area contributed by atoms with Crippen LogP contribution in [0.1, 0.15) is 11.1 Å². The van der Waals surface area contributed by atoms with Crippen molar-refractivity contribution < 1.29 is 32.2 Å². The van der Waals surface area contributed by atoms with Gasteiger partial charge < -0.3 is 19.5 Å². The second-order valence-electron chi connectivity index (χ2n) is 7.46. The molecule has 1 N–H and O–H groups in total. The first-order valence-electron chi connectivity index (χ1n) is 10.3. The Morgan fingerprint density at radius 1 is 1.09 bits per heavy atom. The van der Waals surface area contributed by atoms with Gasteiger partial charge in [-0.25, -0.2) is 4.98 Å². The lowest BCUT2D eigenvalue weighted by Gasteiger charge is -2.29. The summed E-state index contributed by atoms with van der Waals surface area (Å²) in [5, 5.41) is 2.51. The molecule has 176 valence electrons. The van der Waals surface area contributed by atoms with Gasteiger partial charge in [0.2, 0.25) is 0 Å². The predicted molar refractivity (Wildman–Crippen MR) is 116 cm³/mol. The Bertz CT molecular complexity index is 1300. The summed E-state index contributed by atoms with van der Waals surface area (Å²) in [6.07, 6.45) is -3.71. The molecule has 3 aromatic rings. The molecular formula is C22H18F3N5O4. The third-order valence-electron chi connectivity index (χ3n) is 5.28. The van der Waals surface area contributed by atoms with Crippen LogP contribution in [0.15, 0.2) is 37.0 Å². The lowest BCUT2D eigenvalue weighted by molar-refractivity contribution is -0.136. The zero-order valence-corrected chi connectivity index (χ0v) is 17.7. The Labute approximate surface area is 191 Å². The molecular weight excluding hydrogens is 455 g/mol. The van der Waals surface area contributed by atoms with Crippen LogP contribution in [-0.4, -0.2) is 53.8 Å². The summed E-state index contributed by atoms with van der Waals surface area (Å²) in [7, 11) is 0. The zero-order chi connectivity index (χ0) is 23.9. The molecule has 2 bridgehead atoms. The van der Waals surface area contributed by atoms with E-state index in [1.54, 1.807) is 24.3 Å². The van der Waals surface area contributed by atoms with Crippen LogP contribution in [-0.2, 0) is 15.7 Å². The fourth-order valence-corrected chi connectivity index (χ4v) is 3.80. The number of alkyl halides is 3. The molecule has 5 rings (SSSR count). The Hall–Kier alpha value is -3.93. The van der Waals surface area contributed by atoms with Gasteiger partial charge in [-0.05, 0) is 12.1 Å². The van der Waals surface area contributed by atoms with Crippen molar-refractivity contribution in [1.82, 2.24) is 15.0 Å². The van der Waals surface area contributed by atoms with Gasteiger partial charge in [-0.15, -0.1) is 0 Å². The van der Waals surface area contributed by atoms with Crippen molar-refractivity contribution in [3.63, 3.8) is 0 Å². The lowest BCUT2D eigenvalue weighted by atomic mass is 10.1. The average molecular weight is 473 g/mol. The normalized spacial score (nSPS) is 16.7. The molecule has 0 unspecified atom stereocenters. The smallest absolute Gasteiger partial charge is 0.420 e. The number of aromatic nitrogens is 3. The molecule has 1 aromatic carbocycles. The van der Waals surface area contributed by atoms with Gasteiger partial charge >= 0.3 is 12.2 Å². The molecule has 0 aliphatic carbocycles. The monoisotopic (exact) mass is 473 g/mol. The highest BCUT2D eigenvalue weighted by Crippen LogP contribution is 2.43. The highest BCUT2D eigenvalue weighted by molar-refractivity contribution is 6.02. The van der Waals surface area contributed by atoms with Crippen LogP contribution in [0.3, 0.4) is 0 Å². The number of amides is 1. The Kier molecular flexibility index (Phi) is 5.44. The molecule has 2 aromatic heterocycles. The number of rotatable bonds is 1. The van der Waals surface area contributed by atoms with E-state index >= 15 is 0 Å². The first-order chi connectivity index (χ1) is 16.3. The van der Waals surface area contributed by atoms with Crippen LogP contribution in [0.5, 0.6) is 11.8 Å². The molecule has 34 heavy (non-hydrogen) atoms. The number of carbonyl (C=O) groups is 1. The van der Waals surface area contributed by atoms with Gasteiger partial charge in [0, 0.05) is 11.3 Å². The van der Waals surface area contributed by atoms with Crippen molar-refractivity contribution in [1.29, 1.82) is 0 Å². The summed E-state index contributed by atoms with van der Waals surface area (Å²) in [5.74, 6) is -0.862. The van der Waals surface area contributed by atoms with Gasteiger partial charge in [0.25, 0.3) is 5.91 Å². The van der Waals surface area contributed by atoms with Crippen LogP contribution in [0, 0.1) is 0 Å². The van der Waals surface area contributed by atoms with E-state index in [9.17, 15) is 18.0 Å². The molecule has 2 aliphatic rings. The summed E-state index contributed by atoms with van der Waals surface area (Å²) in [6, 6.07) is 6.80. The second-order valence-corrected chi connectivity index (χ2v) is 7.46. The van der Waals surface area contributed by atoms with E-state index in [2.05, 4.69) is 26.8 Å². The number of para-hydroxylation sites is 1. The minimum absolute atomic E-state index is 0.0612. The van der Waals surface area contributed by atoms with Crippen molar-refractivity contribution in [2.45, 2.75) is 6.18 Å². The summed E-state index contributed by atoms with van der Waals surface area (Å²) in [5.41, 5.74) is -0.437. The van der Waals surface area contributed by atoms with Gasteiger partial charge in [-0.3, -0.25) is 9.69 Å². The van der Waals surface area contributed by atoms with Gasteiger partial charge in [-0.1, -0.05) is 18.7 Å². The summed E-state index contributed by atoms with van der Waals surface area (Å²) >= 11 is 0. The molecule has 0 spiro atoms. The third-order valence-corrected chi connectivity index (χ3v) is 5.28. The number of halogens is 3. The number of fused-ring (bicyclic) bond motifs is 5. The van der Waals surface area contributed by atoms with Crippen LogP contribution < -0.4 is 19.7 Å². The maximum absolute atomic E-state index is 14.5. The highest BCUT2D eigenvalue weighted by Gasteiger charge is 2.41. The lowest BCUT2D eigenvalue weighted by Crippen LogP contribution is -2.43. The molecule has 9 nitrogen and oxygen atoms in total. The van der Waals surface area contributed by atoms with Crippen molar-refractivity contribution in [3.8, 4) is 11.8 Å². The van der Waals surface area contributed by atoms with Gasteiger partial charge in [0.05, 0.1) is 30.3 Å². The number of anilines is 2. The van der Waals surface area contributed by atoms with Crippen molar-refractivity contribution >= 4 is 34.1 Å². The minimum atomic E-state index is -4.88. The van der Waals surface area contributed by atoms with Crippen molar-refractivity contribution in [2.24, 2.45) is 0 Å². The topological polar surface area (TPSA) is 98.7 Å². The van der Waals surface area contributed by atoms with Crippen LogP contribution in [0.2, 0.25) is 0 Å². The summed E-state index contributed by atoms with van der Waals surface area (Å²) in [6.45, 7) is 3.87. The number of carbonyl (C=O) groups excluding carboxylic acids is 1. The molecule has 12 heteroatoms. The van der Waals surface area contributed by atoms with Crippen LogP contribution in [0.4, 0.5) is 24.8 Å². The van der Waals surface area contributed by atoms with E-state index in [1.807, 2.05) is 0 Å². The fourth-order valence-electron chi connectivity index (χ4n) is 3.80. The molecule has 2 aliphatic heterocycles. The maximum atomic E-state index is 14.5. The van der Waals surface area contributed by atoms with E-state index in [-0.39, 0.29) is 61.4 Å². The number of pyridine rings is 1. The van der Waals surface area contributed by atoms with Gasteiger partial charge in [-0.2, -0.15) is 23.1 Å². The summed E-state index contributed by atoms with van der Waals surface area (Å²) in [4.78, 5) is 25.6. The Balaban J connectivity index is 1.74. The minimum Gasteiger partial charge on any atom is -0.489 e. The molecule has 1 saturated heterocycles. The average Bonchev–Trinajstić information content (AvgIpc) is 2.83. The van der Waals surface area contributed by atoms with E-state index < -0.39 is 23.5 Å². The van der Waals surface area contributed by atoms with Crippen LogP contribution in [0.25, 0.3) is 16.6 Å². The van der Waals surface area contributed by atoms with Gasteiger partial charge in [0.1, 0.15) is 42.8 Å². The second kappa shape index (κ2) is 8.45. The number of ether oxygens (including phenoxy) is 3. The van der Waals surface area contributed by atoms with E-state index in [4.69, 9.17) is 14.2 Å². The highest BCUT2D eigenvalue weighted by atomic mass is 19.4. The van der Waals surface area contributed by atoms with Crippen LogP contribution >= 0.6 is 0 Å². The molecule has 4 heterocycles. The van der Waals surface area contributed by atoms with Crippen molar-refractivity contribution in [2.75, 3.05) is 43.2 Å². The number of hydrogen-bond acceptors (Lipinski definition) is 8. The molecule has 1 fully saturated rings. The van der Waals surface area contributed by atoms with Gasteiger partial charge in [0.15, 0.2) is 0 Å². The fraction of sp³-hybridized carbons (Fsp3) is 0.273. The zero-order valence-electron chi connectivity index (χ0n) is 17.7. The largest absolute Gasteiger partial charge is 0.489 e. The van der Waals surface area contributed by atoms with E-state index in [0.717, 1.165) is 11.1 Å².